The maximum absolute atomic E-state index is 12.0. The summed E-state index contributed by atoms with van der Waals surface area (Å²) in [4.78, 5) is 16.3. The van der Waals surface area contributed by atoms with Gasteiger partial charge in [0.25, 0.3) is 0 Å². The topological polar surface area (TPSA) is 44.8 Å². The van der Waals surface area contributed by atoms with E-state index in [9.17, 15) is 4.79 Å². The van der Waals surface area contributed by atoms with Gasteiger partial charge in [-0.15, -0.1) is 0 Å². The molecular weight excluding hydrogens is 230 g/mol. The molecule has 0 bridgehead atoms. The predicted octanol–water partition coefficient (Wildman–Crippen LogP) is 0.760. The van der Waals surface area contributed by atoms with Crippen molar-refractivity contribution in [2.75, 3.05) is 52.5 Å². The number of carbonyl (C=O) groups is 1. The van der Waals surface area contributed by atoms with E-state index < -0.39 is 0 Å². The number of nitrogens with zero attached hydrogens (tertiary/aromatic N) is 2. The first-order valence-electron chi connectivity index (χ1n) is 7.12. The van der Waals surface area contributed by atoms with Gasteiger partial charge < -0.3 is 19.9 Å². The number of nitrogens with one attached hydrogen (secondary N) is 1. The van der Waals surface area contributed by atoms with Crippen LogP contribution in [0.1, 0.15) is 19.8 Å². The van der Waals surface area contributed by atoms with Crippen molar-refractivity contribution < 1.29 is 9.53 Å². The highest BCUT2D eigenvalue weighted by atomic mass is 16.5. The van der Waals surface area contributed by atoms with Crippen molar-refractivity contribution >= 4 is 6.03 Å². The summed E-state index contributed by atoms with van der Waals surface area (Å²) in [6.45, 7) is 9.45. The third-order valence-electron chi connectivity index (χ3n) is 3.99. The van der Waals surface area contributed by atoms with Gasteiger partial charge in [0.1, 0.15) is 0 Å². The van der Waals surface area contributed by atoms with Gasteiger partial charge in [-0.3, -0.25) is 0 Å². The molecule has 5 heteroatoms. The summed E-state index contributed by atoms with van der Waals surface area (Å²) in [5, 5.41) is 3.07. The monoisotopic (exact) mass is 255 g/mol. The second-order valence-electron chi connectivity index (χ2n) is 5.16. The first kappa shape index (κ1) is 13.6. The van der Waals surface area contributed by atoms with Crippen LogP contribution in [0.15, 0.2) is 0 Å². The number of piperazine rings is 1. The van der Waals surface area contributed by atoms with Crippen molar-refractivity contribution in [2.45, 2.75) is 19.8 Å². The quantitative estimate of drug-likeness (QED) is 0.810. The average Bonchev–Trinajstić information content (AvgIpc) is 2.46. The van der Waals surface area contributed by atoms with Crippen LogP contribution < -0.4 is 5.32 Å². The Morgan fingerprint density at radius 3 is 2.50 bits per heavy atom. The Morgan fingerprint density at radius 1 is 1.22 bits per heavy atom. The van der Waals surface area contributed by atoms with Gasteiger partial charge in [-0.05, 0) is 25.3 Å². The van der Waals surface area contributed by atoms with Crippen LogP contribution in [0.2, 0.25) is 0 Å². The molecule has 2 aliphatic rings. The fourth-order valence-corrected chi connectivity index (χ4v) is 2.56. The molecular formula is C13H25N3O2. The van der Waals surface area contributed by atoms with E-state index >= 15 is 0 Å². The van der Waals surface area contributed by atoms with Crippen LogP contribution in [-0.4, -0.2) is 68.3 Å². The predicted molar refractivity (Wildman–Crippen MR) is 70.6 cm³/mol. The Bertz CT molecular complexity index is 259. The lowest BCUT2D eigenvalue weighted by molar-refractivity contribution is 0.0659. The summed E-state index contributed by atoms with van der Waals surface area (Å²) < 4.78 is 5.32. The lowest BCUT2D eigenvalue weighted by Crippen LogP contribution is -2.52. The molecule has 5 nitrogen and oxygen atoms in total. The Hall–Kier alpha value is -0.810. The molecule has 0 aromatic heterocycles. The molecule has 0 spiro atoms. The van der Waals surface area contributed by atoms with E-state index in [0.29, 0.717) is 5.92 Å². The Morgan fingerprint density at radius 2 is 1.89 bits per heavy atom. The molecule has 0 unspecified atom stereocenters. The molecule has 2 saturated heterocycles. The highest BCUT2D eigenvalue weighted by Crippen LogP contribution is 2.13. The van der Waals surface area contributed by atoms with Crippen LogP contribution in [0.5, 0.6) is 0 Å². The zero-order chi connectivity index (χ0) is 12.8. The van der Waals surface area contributed by atoms with Gasteiger partial charge in [0.2, 0.25) is 0 Å². The summed E-state index contributed by atoms with van der Waals surface area (Å²) in [5.41, 5.74) is 0. The number of carbonyl (C=O) groups excluding carboxylic acids is 1. The third-order valence-corrected chi connectivity index (χ3v) is 3.99. The molecule has 0 aliphatic carbocycles. The number of urea groups is 1. The number of ether oxygens (including phenoxy) is 1. The summed E-state index contributed by atoms with van der Waals surface area (Å²) in [7, 11) is 0. The molecule has 18 heavy (non-hydrogen) atoms. The molecule has 104 valence electrons. The van der Waals surface area contributed by atoms with E-state index in [2.05, 4.69) is 17.1 Å². The smallest absolute Gasteiger partial charge is 0.317 e. The molecule has 0 saturated carbocycles. The standard InChI is InChI=1S/C13H25N3O2/c1-2-15-5-7-16(8-6-15)13(17)14-11-12-3-9-18-10-4-12/h12H,2-11H2,1H3,(H,14,17). The lowest BCUT2D eigenvalue weighted by Gasteiger charge is -2.34. The number of hydrogen-bond acceptors (Lipinski definition) is 3. The third kappa shape index (κ3) is 3.85. The molecule has 2 rings (SSSR count). The summed E-state index contributed by atoms with van der Waals surface area (Å²) in [6.07, 6.45) is 2.15. The van der Waals surface area contributed by atoms with Gasteiger partial charge in [-0.2, -0.15) is 0 Å². The molecule has 0 atom stereocenters. The molecule has 0 aromatic carbocycles. The summed E-state index contributed by atoms with van der Waals surface area (Å²) in [5.74, 6) is 0.597. The zero-order valence-corrected chi connectivity index (χ0v) is 11.4. The first-order valence-corrected chi connectivity index (χ1v) is 7.12. The van der Waals surface area contributed by atoms with Crippen molar-refractivity contribution in [2.24, 2.45) is 5.92 Å². The highest BCUT2D eigenvalue weighted by molar-refractivity contribution is 5.74. The van der Waals surface area contributed by atoms with E-state index in [1.54, 1.807) is 0 Å². The van der Waals surface area contributed by atoms with E-state index in [-0.39, 0.29) is 6.03 Å². The minimum Gasteiger partial charge on any atom is -0.381 e. The minimum absolute atomic E-state index is 0.109. The fourth-order valence-electron chi connectivity index (χ4n) is 2.56. The number of amides is 2. The van der Waals surface area contributed by atoms with Crippen molar-refractivity contribution in [3.8, 4) is 0 Å². The first-order chi connectivity index (χ1) is 8.79. The highest BCUT2D eigenvalue weighted by Gasteiger charge is 2.21. The summed E-state index contributed by atoms with van der Waals surface area (Å²) in [6, 6.07) is 0.109. The van der Waals surface area contributed by atoms with Crippen molar-refractivity contribution in [1.82, 2.24) is 15.1 Å². The van der Waals surface area contributed by atoms with Crippen LogP contribution in [0.25, 0.3) is 0 Å². The fraction of sp³-hybridized carbons (Fsp3) is 0.923. The average molecular weight is 255 g/mol. The molecule has 0 aromatic rings. The largest absolute Gasteiger partial charge is 0.381 e. The zero-order valence-electron chi connectivity index (χ0n) is 11.4. The second kappa shape index (κ2) is 6.95. The Kier molecular flexibility index (Phi) is 5.26. The van der Waals surface area contributed by atoms with Gasteiger partial charge in [0, 0.05) is 45.9 Å². The SMILES string of the molecule is CCN1CCN(C(=O)NCC2CCOCC2)CC1. The maximum atomic E-state index is 12.0. The van der Waals surface area contributed by atoms with Gasteiger partial charge in [-0.1, -0.05) is 6.92 Å². The Labute approximate surface area is 109 Å². The van der Waals surface area contributed by atoms with Crippen LogP contribution in [-0.2, 0) is 4.74 Å². The van der Waals surface area contributed by atoms with Crippen LogP contribution in [0.4, 0.5) is 4.79 Å². The maximum Gasteiger partial charge on any atom is 0.317 e. The van der Waals surface area contributed by atoms with Gasteiger partial charge in [0.05, 0.1) is 0 Å². The van der Waals surface area contributed by atoms with E-state index in [1.165, 1.54) is 0 Å². The van der Waals surface area contributed by atoms with E-state index in [0.717, 1.165) is 65.3 Å². The number of hydrogen-bond donors (Lipinski definition) is 1. The normalized spacial score (nSPS) is 23.1. The lowest BCUT2D eigenvalue weighted by atomic mass is 10.0. The van der Waals surface area contributed by atoms with Crippen molar-refractivity contribution in [3.63, 3.8) is 0 Å². The van der Waals surface area contributed by atoms with Crippen molar-refractivity contribution in [3.05, 3.63) is 0 Å². The molecule has 2 amide bonds. The van der Waals surface area contributed by atoms with Gasteiger partial charge in [0.15, 0.2) is 0 Å². The number of likely N-dealkylation sites (N-methyl/N-ethyl adjacent to an activating group) is 1. The van der Waals surface area contributed by atoms with E-state index in [4.69, 9.17) is 4.74 Å². The summed E-state index contributed by atoms with van der Waals surface area (Å²) >= 11 is 0. The van der Waals surface area contributed by atoms with Crippen molar-refractivity contribution in [1.29, 1.82) is 0 Å². The molecule has 2 heterocycles. The Balaban J connectivity index is 1.65. The van der Waals surface area contributed by atoms with Crippen LogP contribution in [0.3, 0.4) is 0 Å². The number of rotatable bonds is 3. The molecule has 0 radical (unpaired) electrons. The van der Waals surface area contributed by atoms with Gasteiger partial charge in [-0.25, -0.2) is 4.79 Å². The van der Waals surface area contributed by atoms with Crippen LogP contribution >= 0.6 is 0 Å². The molecule has 2 aliphatic heterocycles. The van der Waals surface area contributed by atoms with Crippen LogP contribution in [0, 0.1) is 5.92 Å². The minimum atomic E-state index is 0.109. The van der Waals surface area contributed by atoms with E-state index in [1.807, 2.05) is 4.90 Å². The molecule has 2 fully saturated rings. The molecule has 1 N–H and O–H groups in total. The van der Waals surface area contributed by atoms with Gasteiger partial charge >= 0.3 is 6.03 Å². The second-order valence-corrected chi connectivity index (χ2v) is 5.16.